The molecule has 0 aromatic carbocycles. The van der Waals surface area contributed by atoms with Crippen molar-refractivity contribution in [3.05, 3.63) is 0 Å². The van der Waals surface area contributed by atoms with Gasteiger partial charge in [-0.25, -0.2) is 28.8 Å². The van der Waals surface area contributed by atoms with Crippen LogP contribution in [0.15, 0.2) is 0 Å². The summed E-state index contributed by atoms with van der Waals surface area (Å²) in [5, 5.41) is 54.7. The molecule has 3 saturated heterocycles. The smallest absolute Gasteiger partial charge is 0.413 e. The van der Waals surface area contributed by atoms with Crippen LogP contribution >= 0.6 is 0 Å². The number of ether oxygens (including phenoxy) is 9. The standard InChI is InChI=1S/C11H19NO4.2C11H19NO3.C10H17NO3.C9H17NO3.C8H15NO3.C8H14O.C7H12O.C6H12O6.C6H10O2.C6H10O.C5H8O.C2H4O/c1-10(2,3)16-9(14)12-8(6-13)7-15-11(12,4)5;1-8-5-9(7-13)12(6-8)10(14)15-11(2,3)4;1-11(2,3)15-10(14)12-9(6-7-13)8-4-5-8;1-9(2,3)14-8(13)11-10(7-12)5-4-6-10;1-8(2,3)13-7(12)10-9(4,5)6-11;1-8(2,3)12-7(11)9-5-4-6-10;1-6-3-8(5-9)4-7(6)2;8-6-7-4-2-1-3-5-7;7-1-3-5(9)12-4(2-8)6(10)11-3;7-5-4-6(8)2-1-3-6;1-2-6(5-7)3-4-6;1-5(4-6)2-3-5;1-2-3/h6,8H,7H2,1-5H3;7-9H,5-6H2,1-4H3;7-9H,4-6H2,1-3H3,(H,12,14);7H,4-6H2,1-3H3,(H,11,13);6H,1-5H3,(H,10,12);6H,4-5H2,1-3H3,(H,9,11);5-8H,3-4H2,1-2H3;6-7H,1-5H2;3-10H,1-2H2;5,8H,1-4H2;5H,2-4H2,1H3;4H,2-3H2,1H3;2H,1H3. The fraction of sp³-hybridized carbons (Fsp3) is 0.820. The Labute approximate surface area is 819 Å². The zero-order chi connectivity index (χ0) is 107. The molecule has 3 heterocycles. The maximum atomic E-state index is 11.9. The van der Waals surface area contributed by atoms with Gasteiger partial charge in [0.2, 0.25) is 0 Å². The first-order valence-corrected chi connectivity index (χ1v) is 48.2. The molecule has 798 valence electrons. The molecule has 138 heavy (non-hydrogen) atoms. The van der Waals surface area contributed by atoms with Gasteiger partial charge in [-0.2, -0.15) is 0 Å². The van der Waals surface area contributed by atoms with Crippen molar-refractivity contribution in [3.63, 3.8) is 0 Å². The number of aliphatic hydroxyl groups is 5. The fourth-order valence-corrected chi connectivity index (χ4v) is 13.1. The summed E-state index contributed by atoms with van der Waals surface area (Å²) in [7, 11) is 0. The molecule has 0 aromatic heterocycles. The van der Waals surface area contributed by atoms with E-state index in [1.54, 1.807) is 111 Å². The van der Waals surface area contributed by atoms with Crippen LogP contribution in [0.2, 0.25) is 0 Å². The predicted octanol–water partition coefficient (Wildman–Crippen LogP) is 13.6. The molecule has 10 rings (SSSR count). The SMILES string of the molecule is CC(C)(C)OC(=O)N1C(C=O)COC1(C)C.CC(C)(C)OC(=O)NC(CC=O)C1CC1.CC(C)(C)OC(=O)NC1(C=O)CCC1.CC(C)(C)OC(=O)NCCC=O.CC(C)(C=O)NC(=O)OC(C)(C)C.CC1(C=O)CC1.CC1CC(C=O)CC1C.CC1CC(C=O)N(C(=O)OC(C)(C)C)C1.CC=O.CCC1(C=O)CC1.O=CC1CCCCC1.O=CCC1(O)CCC1.OCC1OC(O)C(CO)OC1O. The monoisotopic (exact) mass is 1970 g/mol. The Morgan fingerprint density at radius 2 is 0.935 bits per heavy atom. The molecule has 10 atom stereocenters. The van der Waals surface area contributed by atoms with Crippen molar-refractivity contribution in [1.82, 2.24) is 31.1 Å². The minimum Gasteiger partial charge on any atom is -0.444 e. The zero-order valence-corrected chi connectivity index (χ0v) is 88.1. The number of alkyl carbamates (subject to hydrolysis) is 4. The highest BCUT2D eigenvalue weighted by molar-refractivity contribution is 5.79. The minimum atomic E-state index is -1.31. The van der Waals surface area contributed by atoms with Crippen LogP contribution in [0.4, 0.5) is 28.8 Å². The van der Waals surface area contributed by atoms with E-state index >= 15 is 0 Å². The largest absolute Gasteiger partial charge is 0.444 e. The summed E-state index contributed by atoms with van der Waals surface area (Å²) in [6, 6.07) is -0.919. The Bertz CT molecular complexity index is 3600. The van der Waals surface area contributed by atoms with Crippen LogP contribution in [0.1, 0.15) is 348 Å². The molecule has 7 saturated carbocycles. The highest BCUT2D eigenvalue weighted by Crippen LogP contribution is 2.46. The van der Waals surface area contributed by atoms with Crippen molar-refractivity contribution in [1.29, 1.82) is 0 Å². The molecule has 3 aliphatic heterocycles. The molecule has 10 fully saturated rings. The molecular weight excluding hydrogens is 1800 g/mol. The van der Waals surface area contributed by atoms with Crippen molar-refractivity contribution in [3.8, 4) is 0 Å². The number of aliphatic hydroxyl groups excluding tert-OH is 4. The second kappa shape index (κ2) is 64.0. The molecule has 10 unspecified atom stereocenters. The van der Waals surface area contributed by atoms with E-state index in [4.69, 9.17) is 67.9 Å². The highest BCUT2D eigenvalue weighted by Gasteiger charge is 2.47. The van der Waals surface area contributed by atoms with Gasteiger partial charge in [-0.1, -0.05) is 53.9 Å². The number of nitrogens with zero attached hydrogens (tertiary/aromatic N) is 2. The number of carbonyl (C=O) groups excluding carboxylic acids is 18. The van der Waals surface area contributed by atoms with E-state index in [0.29, 0.717) is 68.6 Å². The normalized spacial score (nSPS) is 23.4. The second-order valence-corrected chi connectivity index (χ2v) is 43.7. The Kier molecular flexibility index (Phi) is 61.9. The lowest BCUT2D eigenvalue weighted by molar-refractivity contribution is -0.338. The molecule has 0 aromatic rings. The number of amides is 6. The molecule has 6 amide bonds. The van der Waals surface area contributed by atoms with Gasteiger partial charge in [0.1, 0.15) is 133 Å². The van der Waals surface area contributed by atoms with E-state index < -0.39 is 131 Å². The summed E-state index contributed by atoms with van der Waals surface area (Å²) in [6.45, 7) is 51.2. The molecule has 9 N–H and O–H groups in total. The lowest BCUT2D eigenvalue weighted by atomic mass is 9.78. The Morgan fingerprint density at radius 3 is 1.24 bits per heavy atom. The van der Waals surface area contributed by atoms with E-state index in [0.717, 1.165) is 190 Å². The van der Waals surface area contributed by atoms with Gasteiger partial charge in [0, 0.05) is 61.1 Å². The maximum absolute atomic E-state index is 11.9. The number of rotatable bonds is 22. The van der Waals surface area contributed by atoms with Gasteiger partial charge in [0.15, 0.2) is 12.6 Å². The van der Waals surface area contributed by atoms with Crippen LogP contribution < -0.4 is 21.3 Å². The Balaban J connectivity index is -0.00000145. The molecular formula is C100H176N6O32. The molecule has 7 aliphatic carbocycles. The quantitative estimate of drug-likeness (QED) is 0.0276. The van der Waals surface area contributed by atoms with Crippen LogP contribution in [0, 0.1) is 46.3 Å². The van der Waals surface area contributed by atoms with Crippen molar-refractivity contribution >= 4 is 112 Å². The first-order valence-electron chi connectivity index (χ1n) is 48.2. The number of hydrogen-bond acceptors (Lipinski definition) is 32. The lowest BCUT2D eigenvalue weighted by Gasteiger charge is -2.37. The third-order valence-electron chi connectivity index (χ3n) is 22.0. The van der Waals surface area contributed by atoms with Crippen LogP contribution in [0.25, 0.3) is 0 Å². The summed E-state index contributed by atoms with van der Waals surface area (Å²) < 4.78 is 45.4. The average Bonchev–Trinajstić information content (AvgIpc) is 1.64. The van der Waals surface area contributed by atoms with Crippen LogP contribution in [0.3, 0.4) is 0 Å². The molecule has 38 heteroatoms. The van der Waals surface area contributed by atoms with Gasteiger partial charge in [-0.3, -0.25) is 9.80 Å². The topological polar surface area (TPSA) is 546 Å². The number of nitrogens with one attached hydrogen (secondary N) is 4. The van der Waals surface area contributed by atoms with Crippen molar-refractivity contribution < 1.29 is 154 Å². The van der Waals surface area contributed by atoms with Crippen molar-refractivity contribution in [2.45, 2.75) is 447 Å². The van der Waals surface area contributed by atoms with Gasteiger partial charge >= 0.3 is 36.6 Å². The average molecular weight is 1970 g/mol. The molecule has 0 bridgehead atoms. The third-order valence-corrected chi connectivity index (χ3v) is 22.0. The molecule has 38 nitrogen and oxygen atoms in total. The van der Waals surface area contributed by atoms with E-state index in [2.05, 4.69) is 42.0 Å². The lowest BCUT2D eigenvalue weighted by Crippen LogP contribution is -2.55. The van der Waals surface area contributed by atoms with Crippen LogP contribution in [-0.2, 0) is 100 Å². The third kappa shape index (κ3) is 63.2. The number of aldehydes is 12. The van der Waals surface area contributed by atoms with Gasteiger partial charge in [0.25, 0.3) is 0 Å². The van der Waals surface area contributed by atoms with Gasteiger partial charge in [-0.05, 0) is 298 Å². The summed E-state index contributed by atoms with van der Waals surface area (Å²) in [4.78, 5) is 194. The van der Waals surface area contributed by atoms with Gasteiger partial charge in [0.05, 0.1) is 42.5 Å². The molecule has 0 spiro atoms. The van der Waals surface area contributed by atoms with Gasteiger partial charge < -0.3 is 147 Å². The van der Waals surface area contributed by atoms with E-state index in [1.807, 2.05) is 55.4 Å². The summed E-state index contributed by atoms with van der Waals surface area (Å²) >= 11 is 0. The minimum absolute atomic E-state index is 0.0441. The number of hydrogen-bond donors (Lipinski definition) is 9. The zero-order valence-electron chi connectivity index (χ0n) is 88.1. The fourth-order valence-electron chi connectivity index (χ4n) is 13.1. The Morgan fingerprint density at radius 1 is 0.493 bits per heavy atom. The molecule has 10 aliphatic rings. The van der Waals surface area contributed by atoms with Crippen LogP contribution in [0.5, 0.6) is 0 Å². The molecule has 0 radical (unpaired) electrons. The predicted molar refractivity (Wildman–Crippen MR) is 516 cm³/mol. The summed E-state index contributed by atoms with van der Waals surface area (Å²) in [5.74, 6) is 3.13. The van der Waals surface area contributed by atoms with Crippen molar-refractivity contribution in [2.24, 2.45) is 46.3 Å². The van der Waals surface area contributed by atoms with Gasteiger partial charge in [-0.15, -0.1) is 0 Å². The van der Waals surface area contributed by atoms with E-state index in [-0.39, 0.29) is 35.6 Å². The summed E-state index contributed by atoms with van der Waals surface area (Å²) in [5.41, 5.74) is -5.76. The van der Waals surface area contributed by atoms with E-state index in [9.17, 15) is 86.6 Å². The Hall–Kier alpha value is -8.66. The first-order chi connectivity index (χ1) is 63.5. The summed E-state index contributed by atoms with van der Waals surface area (Å²) in [6.07, 6.45) is 26.0. The van der Waals surface area contributed by atoms with Crippen LogP contribution in [-0.4, -0.2) is 279 Å². The van der Waals surface area contributed by atoms with Crippen molar-refractivity contribution in [2.75, 3.05) is 32.9 Å². The number of carbonyl (C=O) groups is 18. The highest BCUT2D eigenvalue weighted by atomic mass is 16.7. The maximum Gasteiger partial charge on any atom is 0.413 e. The second-order valence-electron chi connectivity index (χ2n) is 43.7. The van der Waals surface area contributed by atoms with E-state index in [1.165, 1.54) is 36.0 Å². The first kappa shape index (κ1) is 133. The number of likely N-dealkylation sites (tertiary alicyclic amines) is 1.